The van der Waals surface area contributed by atoms with Crippen LogP contribution in [0, 0.1) is 0 Å². The zero-order chi connectivity index (χ0) is 14.9. The molecule has 1 unspecified atom stereocenters. The lowest BCUT2D eigenvalue weighted by atomic mass is 9.81. The molecular weight excluding hydrogens is 254 g/mol. The summed E-state index contributed by atoms with van der Waals surface area (Å²) in [5.74, 6) is 0. The highest BCUT2D eigenvalue weighted by atomic mass is 14.7. The topological polar surface area (TPSA) is 26.0 Å². The summed E-state index contributed by atoms with van der Waals surface area (Å²) in [7, 11) is 0. The third-order valence-corrected chi connectivity index (χ3v) is 4.91. The van der Waals surface area contributed by atoms with Crippen LogP contribution in [0.5, 0.6) is 0 Å². The predicted octanol–water partition coefficient (Wildman–Crippen LogP) is 4.35. The molecule has 1 heteroatoms. The summed E-state index contributed by atoms with van der Waals surface area (Å²) < 4.78 is 0. The van der Waals surface area contributed by atoms with Gasteiger partial charge in [0, 0.05) is 0 Å². The molecule has 0 spiro atoms. The van der Waals surface area contributed by atoms with Crippen molar-refractivity contribution in [2.24, 2.45) is 5.73 Å². The lowest BCUT2D eigenvalue weighted by Crippen LogP contribution is -2.34. The first kappa shape index (κ1) is 14.3. The Hall–Kier alpha value is -1.60. The fraction of sp³-hybridized carbons (Fsp3) is 0.400. The molecule has 0 fully saturated rings. The van der Waals surface area contributed by atoms with Crippen molar-refractivity contribution in [3.05, 3.63) is 70.3 Å². The molecule has 2 aromatic carbocycles. The minimum atomic E-state index is -0.418. The normalized spacial score (nSPS) is 17.1. The summed E-state index contributed by atoms with van der Waals surface area (Å²) in [6, 6.07) is 15.6. The van der Waals surface area contributed by atoms with E-state index >= 15 is 0 Å². The van der Waals surface area contributed by atoms with Crippen LogP contribution in [-0.2, 0) is 24.8 Å². The summed E-state index contributed by atoms with van der Waals surface area (Å²) in [6.07, 6.45) is 6.13. The van der Waals surface area contributed by atoms with E-state index in [9.17, 15) is 0 Å². The summed E-state index contributed by atoms with van der Waals surface area (Å²) in [5.41, 5.74) is 13.1. The Kier molecular flexibility index (Phi) is 3.86. The van der Waals surface area contributed by atoms with Crippen molar-refractivity contribution < 1.29 is 0 Å². The molecule has 1 aliphatic rings. The Morgan fingerprint density at radius 1 is 0.905 bits per heavy atom. The highest BCUT2D eigenvalue weighted by molar-refractivity contribution is 5.43. The Morgan fingerprint density at radius 2 is 1.52 bits per heavy atom. The fourth-order valence-electron chi connectivity index (χ4n) is 3.31. The zero-order valence-electron chi connectivity index (χ0n) is 13.2. The second-order valence-electron chi connectivity index (χ2n) is 6.44. The molecule has 21 heavy (non-hydrogen) atoms. The van der Waals surface area contributed by atoms with Gasteiger partial charge in [-0.1, -0.05) is 49.4 Å². The maximum atomic E-state index is 6.68. The van der Waals surface area contributed by atoms with Gasteiger partial charge in [-0.3, -0.25) is 0 Å². The Morgan fingerprint density at radius 3 is 2.19 bits per heavy atom. The molecule has 1 nitrogen and oxygen atoms in total. The Balaban J connectivity index is 1.96. The van der Waals surface area contributed by atoms with Gasteiger partial charge >= 0.3 is 0 Å². The molecule has 3 rings (SSSR count). The van der Waals surface area contributed by atoms with Gasteiger partial charge in [-0.05, 0) is 66.8 Å². The molecule has 0 amide bonds. The van der Waals surface area contributed by atoms with Crippen molar-refractivity contribution in [3.8, 4) is 0 Å². The van der Waals surface area contributed by atoms with E-state index in [1.807, 2.05) is 0 Å². The second-order valence-corrected chi connectivity index (χ2v) is 6.44. The SMILES string of the molecule is CCc1ccc(C(C)(N)c2ccc3c(c2)CCCC3)cc1. The molecule has 1 atom stereocenters. The number of nitrogens with two attached hydrogens (primary N) is 1. The first-order valence-corrected chi connectivity index (χ1v) is 8.12. The highest BCUT2D eigenvalue weighted by Gasteiger charge is 2.24. The Bertz CT molecular complexity index is 623. The molecule has 0 aliphatic heterocycles. The molecular formula is C20H25N. The van der Waals surface area contributed by atoms with E-state index in [4.69, 9.17) is 5.73 Å². The number of benzene rings is 2. The molecule has 2 N–H and O–H groups in total. The monoisotopic (exact) mass is 279 g/mol. The smallest absolute Gasteiger partial charge is 0.0637 e. The molecule has 0 saturated carbocycles. The number of fused-ring (bicyclic) bond motifs is 1. The standard InChI is InChI=1S/C20H25N/c1-3-15-8-11-18(12-9-15)20(2,21)19-13-10-16-6-4-5-7-17(16)14-19/h8-14H,3-7,21H2,1-2H3. The lowest BCUT2D eigenvalue weighted by Gasteiger charge is -2.28. The molecule has 0 heterocycles. The third kappa shape index (κ3) is 2.75. The van der Waals surface area contributed by atoms with Crippen LogP contribution in [0.4, 0.5) is 0 Å². The molecule has 0 aromatic heterocycles. The van der Waals surface area contributed by atoms with Gasteiger partial charge in [-0.25, -0.2) is 0 Å². The number of rotatable bonds is 3. The van der Waals surface area contributed by atoms with E-state index in [0.717, 1.165) is 6.42 Å². The quantitative estimate of drug-likeness (QED) is 0.888. The van der Waals surface area contributed by atoms with Crippen molar-refractivity contribution in [1.82, 2.24) is 0 Å². The van der Waals surface area contributed by atoms with E-state index < -0.39 is 5.54 Å². The highest BCUT2D eigenvalue weighted by Crippen LogP contribution is 2.30. The Labute approximate surface area is 128 Å². The van der Waals surface area contributed by atoms with Gasteiger partial charge in [-0.15, -0.1) is 0 Å². The van der Waals surface area contributed by atoms with Gasteiger partial charge in [0.25, 0.3) is 0 Å². The van der Waals surface area contributed by atoms with Crippen LogP contribution in [0.15, 0.2) is 42.5 Å². The first-order valence-electron chi connectivity index (χ1n) is 8.12. The molecule has 1 aliphatic carbocycles. The van der Waals surface area contributed by atoms with E-state index in [1.165, 1.54) is 53.5 Å². The average molecular weight is 279 g/mol. The van der Waals surface area contributed by atoms with Crippen LogP contribution < -0.4 is 5.73 Å². The van der Waals surface area contributed by atoms with Gasteiger partial charge in [0.15, 0.2) is 0 Å². The van der Waals surface area contributed by atoms with Gasteiger partial charge in [-0.2, -0.15) is 0 Å². The van der Waals surface area contributed by atoms with E-state index in [-0.39, 0.29) is 0 Å². The maximum Gasteiger partial charge on any atom is 0.0637 e. The number of hydrogen-bond donors (Lipinski definition) is 1. The zero-order valence-corrected chi connectivity index (χ0v) is 13.2. The van der Waals surface area contributed by atoms with Crippen LogP contribution in [-0.4, -0.2) is 0 Å². The van der Waals surface area contributed by atoms with Gasteiger partial charge in [0.2, 0.25) is 0 Å². The molecule has 0 saturated heterocycles. The van der Waals surface area contributed by atoms with Gasteiger partial charge in [0.05, 0.1) is 5.54 Å². The summed E-state index contributed by atoms with van der Waals surface area (Å²) in [5, 5.41) is 0. The van der Waals surface area contributed by atoms with Gasteiger partial charge in [0.1, 0.15) is 0 Å². The summed E-state index contributed by atoms with van der Waals surface area (Å²) in [6.45, 7) is 4.30. The minimum absolute atomic E-state index is 0.418. The molecule has 0 radical (unpaired) electrons. The van der Waals surface area contributed by atoms with Gasteiger partial charge < -0.3 is 5.73 Å². The van der Waals surface area contributed by atoms with Crippen LogP contribution in [0.25, 0.3) is 0 Å². The largest absolute Gasteiger partial charge is 0.318 e. The van der Waals surface area contributed by atoms with Crippen LogP contribution in [0.3, 0.4) is 0 Å². The van der Waals surface area contributed by atoms with Crippen molar-refractivity contribution in [3.63, 3.8) is 0 Å². The second kappa shape index (κ2) is 5.65. The van der Waals surface area contributed by atoms with Crippen molar-refractivity contribution in [1.29, 1.82) is 0 Å². The average Bonchev–Trinajstić information content (AvgIpc) is 2.54. The third-order valence-electron chi connectivity index (χ3n) is 4.91. The molecule has 0 bridgehead atoms. The van der Waals surface area contributed by atoms with E-state index in [1.54, 1.807) is 0 Å². The number of hydrogen-bond acceptors (Lipinski definition) is 1. The molecule has 2 aromatic rings. The van der Waals surface area contributed by atoms with Crippen LogP contribution >= 0.6 is 0 Å². The fourth-order valence-corrected chi connectivity index (χ4v) is 3.31. The van der Waals surface area contributed by atoms with Crippen LogP contribution in [0.2, 0.25) is 0 Å². The maximum absolute atomic E-state index is 6.68. The predicted molar refractivity (Wildman–Crippen MR) is 89.5 cm³/mol. The van der Waals surface area contributed by atoms with Crippen molar-refractivity contribution >= 4 is 0 Å². The summed E-state index contributed by atoms with van der Waals surface area (Å²) in [4.78, 5) is 0. The van der Waals surface area contributed by atoms with E-state index in [2.05, 4.69) is 56.3 Å². The van der Waals surface area contributed by atoms with Crippen LogP contribution in [0.1, 0.15) is 54.5 Å². The molecule has 110 valence electrons. The minimum Gasteiger partial charge on any atom is -0.318 e. The van der Waals surface area contributed by atoms with Crippen molar-refractivity contribution in [2.45, 2.75) is 51.5 Å². The first-order chi connectivity index (χ1) is 10.1. The number of aryl methyl sites for hydroxylation is 3. The summed E-state index contributed by atoms with van der Waals surface area (Å²) >= 11 is 0. The van der Waals surface area contributed by atoms with Crippen molar-refractivity contribution in [2.75, 3.05) is 0 Å². The lowest BCUT2D eigenvalue weighted by molar-refractivity contribution is 0.597. The van der Waals surface area contributed by atoms with E-state index in [0.29, 0.717) is 0 Å².